The minimum Gasteiger partial charge on any atom is -0.481 e. The van der Waals surface area contributed by atoms with E-state index in [0.717, 1.165) is 16.7 Å². The van der Waals surface area contributed by atoms with Gasteiger partial charge in [0.1, 0.15) is 0 Å². The van der Waals surface area contributed by atoms with Crippen LogP contribution >= 0.6 is 0 Å². The minimum atomic E-state index is -4.73. The maximum absolute atomic E-state index is 13.1. The number of aliphatic carboxylic acids is 1. The van der Waals surface area contributed by atoms with Gasteiger partial charge in [-0.15, -0.1) is 0 Å². The number of alkyl halides is 3. The Bertz CT molecular complexity index is 556. The summed E-state index contributed by atoms with van der Waals surface area (Å²) >= 11 is 0. The van der Waals surface area contributed by atoms with Gasteiger partial charge in [0.25, 0.3) is 0 Å². The van der Waals surface area contributed by atoms with Gasteiger partial charge in [0.05, 0.1) is 0 Å². The smallest absolute Gasteiger partial charge is 0.406 e. The molecule has 0 saturated carbocycles. The zero-order chi connectivity index (χ0) is 15.8. The van der Waals surface area contributed by atoms with Gasteiger partial charge >= 0.3 is 12.1 Å². The Morgan fingerprint density at radius 1 is 1.38 bits per heavy atom. The maximum atomic E-state index is 13.1. The Balaban J connectivity index is 2.17. The Hall–Kier alpha value is -1.56. The second kappa shape index (κ2) is 5.33. The number of rotatable bonds is 3. The van der Waals surface area contributed by atoms with Crippen molar-refractivity contribution in [2.24, 2.45) is 5.41 Å². The molecule has 1 fully saturated rings. The first-order valence-corrected chi connectivity index (χ1v) is 6.74. The van der Waals surface area contributed by atoms with E-state index in [9.17, 15) is 18.0 Å². The van der Waals surface area contributed by atoms with E-state index >= 15 is 0 Å². The third kappa shape index (κ3) is 2.90. The maximum Gasteiger partial charge on any atom is 0.406 e. The highest BCUT2D eigenvalue weighted by molar-refractivity contribution is 5.76. The lowest BCUT2D eigenvalue weighted by Crippen LogP contribution is -2.47. The molecule has 116 valence electrons. The van der Waals surface area contributed by atoms with Crippen molar-refractivity contribution in [1.82, 2.24) is 4.90 Å². The molecular formula is C15H18F3NO2. The third-order valence-corrected chi connectivity index (χ3v) is 4.19. The molecule has 0 amide bonds. The van der Waals surface area contributed by atoms with Gasteiger partial charge in [0.2, 0.25) is 0 Å². The van der Waals surface area contributed by atoms with Gasteiger partial charge in [0, 0.05) is 19.6 Å². The van der Waals surface area contributed by atoms with E-state index in [2.05, 4.69) is 0 Å². The predicted molar refractivity (Wildman–Crippen MR) is 71.9 cm³/mol. The average molecular weight is 301 g/mol. The van der Waals surface area contributed by atoms with Gasteiger partial charge < -0.3 is 5.11 Å². The molecular weight excluding hydrogens is 283 g/mol. The second-order valence-corrected chi connectivity index (χ2v) is 5.78. The normalized spacial score (nSPS) is 23.5. The summed E-state index contributed by atoms with van der Waals surface area (Å²) in [5.41, 5.74) is 0.401. The van der Waals surface area contributed by atoms with E-state index in [4.69, 9.17) is 5.11 Å². The summed E-state index contributed by atoms with van der Waals surface area (Å²) in [6, 6.07) is 5.77. The number of aryl methyl sites for hydroxylation is 2. The van der Waals surface area contributed by atoms with Crippen LogP contribution < -0.4 is 0 Å². The molecule has 0 aromatic heterocycles. The molecule has 2 rings (SSSR count). The lowest BCUT2D eigenvalue weighted by Gasteiger charge is -2.27. The molecule has 21 heavy (non-hydrogen) atoms. The van der Waals surface area contributed by atoms with Gasteiger partial charge in [-0.05, 0) is 31.4 Å². The molecule has 1 heterocycles. The molecule has 1 aromatic carbocycles. The van der Waals surface area contributed by atoms with Crippen molar-refractivity contribution < 1.29 is 23.1 Å². The standard InChI is InChI=1S/C15H18F3NO2/c1-10-3-4-12(11(2)7-10)8-19-6-5-14(9-19,13(20)21)15(16,17)18/h3-4,7H,5-6,8-9H2,1-2H3,(H,20,21). The van der Waals surface area contributed by atoms with Gasteiger partial charge in [-0.25, -0.2) is 0 Å². The highest BCUT2D eigenvalue weighted by atomic mass is 19.4. The largest absolute Gasteiger partial charge is 0.481 e. The molecule has 1 N–H and O–H groups in total. The van der Waals surface area contributed by atoms with E-state index in [-0.39, 0.29) is 6.54 Å². The quantitative estimate of drug-likeness (QED) is 0.932. The van der Waals surface area contributed by atoms with E-state index in [1.54, 1.807) is 4.90 Å². The molecule has 0 spiro atoms. The fourth-order valence-electron chi connectivity index (χ4n) is 2.82. The van der Waals surface area contributed by atoms with Crippen LogP contribution in [0, 0.1) is 19.3 Å². The SMILES string of the molecule is Cc1ccc(CN2CCC(C(=O)O)(C(F)(F)F)C2)c(C)c1. The van der Waals surface area contributed by atoms with Gasteiger partial charge in [-0.1, -0.05) is 23.8 Å². The molecule has 1 aliphatic rings. The van der Waals surface area contributed by atoms with Crippen LogP contribution in [-0.2, 0) is 11.3 Å². The van der Waals surface area contributed by atoms with Crippen molar-refractivity contribution in [3.05, 3.63) is 34.9 Å². The van der Waals surface area contributed by atoms with Crippen molar-refractivity contribution >= 4 is 5.97 Å². The molecule has 0 aliphatic carbocycles. The number of likely N-dealkylation sites (tertiary alicyclic amines) is 1. The van der Waals surface area contributed by atoms with Gasteiger partial charge in [0.15, 0.2) is 5.41 Å². The summed E-state index contributed by atoms with van der Waals surface area (Å²) in [5.74, 6) is -1.78. The van der Waals surface area contributed by atoms with Crippen LogP contribution in [0.1, 0.15) is 23.1 Å². The molecule has 1 atom stereocenters. The molecule has 1 saturated heterocycles. The minimum absolute atomic E-state index is 0.138. The first kappa shape index (κ1) is 15.8. The van der Waals surface area contributed by atoms with Gasteiger partial charge in [-0.3, -0.25) is 9.69 Å². The summed E-state index contributed by atoms with van der Waals surface area (Å²) in [7, 11) is 0. The molecule has 0 bridgehead atoms. The Labute approximate surface area is 121 Å². The number of nitrogens with zero attached hydrogens (tertiary/aromatic N) is 1. The van der Waals surface area contributed by atoms with Crippen LogP contribution in [0.4, 0.5) is 13.2 Å². The summed E-state index contributed by atoms with van der Waals surface area (Å²) in [6.45, 7) is 3.86. The Morgan fingerprint density at radius 3 is 2.52 bits per heavy atom. The van der Waals surface area contributed by atoms with Crippen LogP contribution in [-0.4, -0.2) is 35.2 Å². The second-order valence-electron chi connectivity index (χ2n) is 5.78. The van der Waals surface area contributed by atoms with Crippen LogP contribution in [0.5, 0.6) is 0 Å². The number of carboxylic acids is 1. The van der Waals surface area contributed by atoms with Crippen molar-refractivity contribution in [1.29, 1.82) is 0 Å². The van der Waals surface area contributed by atoms with Gasteiger partial charge in [-0.2, -0.15) is 13.2 Å². The monoisotopic (exact) mass is 301 g/mol. The average Bonchev–Trinajstić information content (AvgIpc) is 2.77. The summed E-state index contributed by atoms with van der Waals surface area (Å²) < 4.78 is 39.3. The number of hydrogen-bond donors (Lipinski definition) is 1. The van der Waals surface area contributed by atoms with Crippen LogP contribution in [0.3, 0.4) is 0 Å². The van der Waals surface area contributed by atoms with E-state index in [1.165, 1.54) is 0 Å². The Kier molecular flexibility index (Phi) is 4.02. The van der Waals surface area contributed by atoms with Crippen molar-refractivity contribution in [2.45, 2.75) is 33.0 Å². The number of halogens is 3. The number of benzene rings is 1. The topological polar surface area (TPSA) is 40.5 Å². The van der Waals surface area contributed by atoms with E-state index in [0.29, 0.717) is 6.54 Å². The summed E-state index contributed by atoms with van der Waals surface area (Å²) in [5, 5.41) is 9.03. The molecule has 1 aromatic rings. The molecule has 3 nitrogen and oxygen atoms in total. The van der Waals surface area contributed by atoms with Crippen molar-refractivity contribution in [3.8, 4) is 0 Å². The lowest BCUT2D eigenvalue weighted by atomic mass is 9.86. The predicted octanol–water partition coefficient (Wildman–Crippen LogP) is 3.14. The third-order valence-electron chi connectivity index (χ3n) is 4.19. The zero-order valence-electron chi connectivity index (χ0n) is 12.0. The summed E-state index contributed by atoms with van der Waals surface area (Å²) in [6.07, 6.45) is -5.12. The van der Waals surface area contributed by atoms with E-state index < -0.39 is 30.5 Å². The molecule has 1 aliphatic heterocycles. The molecule has 6 heteroatoms. The highest BCUT2D eigenvalue weighted by Gasteiger charge is 2.63. The van der Waals surface area contributed by atoms with Crippen LogP contribution in [0.15, 0.2) is 18.2 Å². The zero-order valence-corrected chi connectivity index (χ0v) is 12.0. The fraction of sp³-hybridized carbons (Fsp3) is 0.533. The first-order chi connectivity index (χ1) is 9.65. The molecule has 1 unspecified atom stereocenters. The van der Waals surface area contributed by atoms with Crippen molar-refractivity contribution in [2.75, 3.05) is 13.1 Å². The molecule has 0 radical (unpaired) electrons. The number of hydrogen-bond acceptors (Lipinski definition) is 2. The number of carboxylic acid groups (broad SMARTS) is 1. The van der Waals surface area contributed by atoms with Crippen LogP contribution in [0.25, 0.3) is 0 Å². The van der Waals surface area contributed by atoms with E-state index in [1.807, 2.05) is 32.0 Å². The van der Waals surface area contributed by atoms with Crippen molar-refractivity contribution in [3.63, 3.8) is 0 Å². The fourth-order valence-corrected chi connectivity index (χ4v) is 2.82. The Morgan fingerprint density at radius 2 is 2.05 bits per heavy atom. The first-order valence-electron chi connectivity index (χ1n) is 6.74. The highest BCUT2D eigenvalue weighted by Crippen LogP contribution is 2.46. The lowest BCUT2D eigenvalue weighted by molar-refractivity contribution is -0.227. The van der Waals surface area contributed by atoms with Crippen LogP contribution in [0.2, 0.25) is 0 Å². The summed E-state index contributed by atoms with van der Waals surface area (Å²) in [4.78, 5) is 12.7. The number of carbonyl (C=O) groups is 1.